The van der Waals surface area contributed by atoms with Gasteiger partial charge in [0.25, 0.3) is 0 Å². The number of pyridine rings is 7. The fourth-order valence-corrected chi connectivity index (χ4v) is 21.5. The SMILES string of the molecule is [C-]#[N+]c1ccc2c(c1)C(C)(C)c1cc(-c3ccc(-c4nc5ccccc5c5c4ccc4ccc6cccnc6c45)c4ccccc34)ccc1-2.c1cnc2c(c1)ccc1ccc3c(-c4ccc(-c5cccc6c5oc5ccccc56)c5ccccc45)nc4ccccc4c3c12.c1cncc(-c2ccc(-c3nc4ccccc4c4c3ccc3ccc5cccnc5c34)c3ccccc23)c1. The van der Waals surface area contributed by atoms with Gasteiger partial charge in [-0.2, -0.15) is 0 Å². The van der Waals surface area contributed by atoms with E-state index in [2.05, 4.69) is 363 Å². The van der Waals surface area contributed by atoms with Crippen molar-refractivity contribution in [1.29, 1.82) is 0 Å². The molecule has 0 spiro atoms. The maximum absolute atomic E-state index is 7.57. The van der Waals surface area contributed by atoms with Crippen molar-refractivity contribution in [3.8, 4) is 78.3 Å². The molecule has 1 aliphatic rings. The molecule has 0 bridgehead atoms. The van der Waals surface area contributed by atoms with E-state index in [1.807, 2.05) is 73.4 Å². The predicted octanol–water partition coefficient (Wildman–Crippen LogP) is 32.9. The molecular formula is C123H74N8O. The second-order valence-electron chi connectivity index (χ2n) is 35.0. The molecule has 9 nitrogen and oxygen atoms in total. The highest BCUT2D eigenvalue weighted by Gasteiger charge is 2.36. The van der Waals surface area contributed by atoms with E-state index in [1.54, 1.807) is 0 Å². The molecule has 28 rings (SSSR count). The lowest BCUT2D eigenvalue weighted by atomic mass is 9.81. The minimum Gasteiger partial charge on any atom is -0.455 e. The van der Waals surface area contributed by atoms with Crippen LogP contribution in [-0.4, -0.2) is 34.9 Å². The summed E-state index contributed by atoms with van der Waals surface area (Å²) in [6, 6.07) is 135. The second-order valence-corrected chi connectivity index (χ2v) is 35.0. The van der Waals surface area contributed by atoms with Crippen molar-refractivity contribution in [3.63, 3.8) is 0 Å². The lowest BCUT2D eigenvalue weighted by Crippen LogP contribution is -2.14. The molecule has 0 aliphatic heterocycles. The minimum atomic E-state index is -0.202. The zero-order valence-electron chi connectivity index (χ0n) is 71.7. The number of benzene rings is 19. The van der Waals surface area contributed by atoms with E-state index in [0.717, 1.165) is 159 Å². The quantitative estimate of drug-likeness (QED) is 0.120. The lowest BCUT2D eigenvalue weighted by Gasteiger charge is -2.22. The highest BCUT2D eigenvalue weighted by atomic mass is 16.3. The Balaban J connectivity index is 0.000000105. The summed E-state index contributed by atoms with van der Waals surface area (Å²) in [5.74, 6) is 0. The van der Waals surface area contributed by atoms with Gasteiger partial charge in [0.05, 0.1) is 56.8 Å². The first-order valence-electron chi connectivity index (χ1n) is 44.7. The van der Waals surface area contributed by atoms with Crippen LogP contribution < -0.4 is 0 Å². The third-order valence-corrected chi connectivity index (χ3v) is 27.6. The molecule has 0 radical (unpaired) electrons. The molecule has 27 aromatic rings. The van der Waals surface area contributed by atoms with Crippen molar-refractivity contribution in [1.82, 2.24) is 34.9 Å². The second kappa shape index (κ2) is 30.0. The fourth-order valence-electron chi connectivity index (χ4n) is 21.5. The summed E-state index contributed by atoms with van der Waals surface area (Å²) in [4.78, 5) is 38.7. The summed E-state index contributed by atoms with van der Waals surface area (Å²) in [6.45, 7) is 12.1. The number of para-hydroxylation sites is 5. The maximum Gasteiger partial charge on any atom is 0.187 e. The van der Waals surface area contributed by atoms with Crippen LogP contribution in [0.3, 0.4) is 0 Å². The van der Waals surface area contributed by atoms with Crippen LogP contribution in [0.4, 0.5) is 5.69 Å². The summed E-state index contributed by atoms with van der Waals surface area (Å²) in [5, 5.41) is 30.2. The molecule has 0 fully saturated rings. The normalized spacial score (nSPS) is 12.4. The molecule has 19 aromatic carbocycles. The highest BCUT2D eigenvalue weighted by molar-refractivity contribution is 6.33. The van der Waals surface area contributed by atoms with E-state index in [0.29, 0.717) is 5.69 Å². The van der Waals surface area contributed by atoms with Gasteiger partial charge in [0.2, 0.25) is 0 Å². The maximum atomic E-state index is 7.57. The number of rotatable bonds is 6. The molecule has 612 valence electrons. The number of hydrogen-bond acceptors (Lipinski definition) is 8. The van der Waals surface area contributed by atoms with Crippen LogP contribution >= 0.6 is 0 Å². The van der Waals surface area contributed by atoms with E-state index in [9.17, 15) is 0 Å². The first-order valence-corrected chi connectivity index (χ1v) is 44.7. The molecular weight excluding hydrogens is 1610 g/mol. The standard InChI is InChI=1S/C46H29N3.C42H24N2O.C35H21N3/c1-46(2)39-25-29(17-19-34(39)35-21-18-30(47-3)26-40(35)46)31-22-23-36(33-11-5-4-10-32(31)33)45-38-20-16-27-14-15-28-9-8-24-48-44(28)42(27)43(38)37-12-6-7-13-41(37)49-45;1-2-11-28-27(10-1)29(32-14-7-15-33-30-12-4-6-17-37(30)45-42(32)33)22-23-31(28)41-35-21-20-25-18-19-26-9-8-24-43-40(26)38(25)39(35)34-13-3-5-16-36(34)44-41;1-2-10-27-26(9-1)25(24-8-5-19-36-21-24)17-18-28(27)35-30-16-15-22-13-14-23-7-6-20-37-34(23)32(22)33(30)29-11-3-4-12-31(29)38-35/h4-26H,1-2H3;1-24H;1-21H. The predicted molar refractivity (Wildman–Crippen MR) is 550 cm³/mol. The Hall–Kier alpha value is -17.6. The van der Waals surface area contributed by atoms with E-state index in [-0.39, 0.29) is 5.41 Å². The largest absolute Gasteiger partial charge is 0.455 e. The van der Waals surface area contributed by atoms with Gasteiger partial charge in [0.15, 0.2) is 5.69 Å². The summed E-state index contributed by atoms with van der Waals surface area (Å²) in [5.41, 5.74) is 26.5. The molecule has 132 heavy (non-hydrogen) atoms. The van der Waals surface area contributed by atoms with Gasteiger partial charge < -0.3 is 4.42 Å². The Morgan fingerprint density at radius 1 is 0.250 bits per heavy atom. The summed E-state index contributed by atoms with van der Waals surface area (Å²) in [7, 11) is 0. The smallest absolute Gasteiger partial charge is 0.187 e. The van der Waals surface area contributed by atoms with Crippen LogP contribution in [0.2, 0.25) is 0 Å². The van der Waals surface area contributed by atoms with Gasteiger partial charge in [0, 0.05) is 156 Å². The van der Waals surface area contributed by atoms with Crippen molar-refractivity contribution in [3.05, 3.63) is 436 Å². The lowest BCUT2D eigenvalue weighted by molar-refractivity contribution is 0.661. The average Bonchev–Trinajstić information content (AvgIpc) is 1.27. The zero-order chi connectivity index (χ0) is 87.4. The van der Waals surface area contributed by atoms with Crippen molar-refractivity contribution >= 4 is 190 Å². The Kier molecular flexibility index (Phi) is 17.2. The van der Waals surface area contributed by atoms with Gasteiger partial charge in [-0.3, -0.25) is 19.9 Å². The number of hydrogen-bond donors (Lipinski definition) is 0. The molecule has 9 heteroatoms. The van der Waals surface area contributed by atoms with Crippen LogP contribution in [0.5, 0.6) is 0 Å². The number of nitrogens with zero attached hydrogens (tertiary/aromatic N) is 8. The monoisotopic (exact) mass is 1680 g/mol. The van der Waals surface area contributed by atoms with Crippen molar-refractivity contribution in [2.75, 3.05) is 0 Å². The van der Waals surface area contributed by atoms with Crippen LogP contribution in [0.15, 0.2) is 418 Å². The van der Waals surface area contributed by atoms with Crippen LogP contribution in [0.1, 0.15) is 25.0 Å². The zero-order valence-corrected chi connectivity index (χ0v) is 71.7. The average molecular weight is 1680 g/mol. The van der Waals surface area contributed by atoms with Crippen LogP contribution in [0, 0.1) is 6.57 Å². The van der Waals surface area contributed by atoms with Crippen molar-refractivity contribution in [2.45, 2.75) is 19.3 Å². The van der Waals surface area contributed by atoms with Gasteiger partial charge >= 0.3 is 0 Å². The molecule has 1 aliphatic carbocycles. The van der Waals surface area contributed by atoms with E-state index in [4.69, 9.17) is 40.9 Å². The van der Waals surface area contributed by atoms with Gasteiger partial charge in [-0.25, -0.2) is 19.8 Å². The van der Waals surface area contributed by atoms with Gasteiger partial charge in [-0.1, -0.05) is 341 Å². The molecule has 0 saturated heterocycles. The molecule has 8 aromatic heterocycles. The molecule has 0 atom stereocenters. The molecule has 0 unspecified atom stereocenters. The Morgan fingerprint density at radius 3 is 1.08 bits per heavy atom. The van der Waals surface area contributed by atoms with E-state index >= 15 is 0 Å². The highest BCUT2D eigenvalue weighted by Crippen LogP contribution is 2.54. The summed E-state index contributed by atoms with van der Waals surface area (Å²) < 4.78 is 6.47. The number of aromatic nitrogens is 7. The van der Waals surface area contributed by atoms with Gasteiger partial charge in [0.1, 0.15) is 11.2 Å². The Bertz CT molecular complexity index is 9690. The van der Waals surface area contributed by atoms with Gasteiger partial charge in [-0.15, -0.1) is 0 Å². The Labute approximate surface area is 757 Å². The first-order chi connectivity index (χ1) is 65.2. The van der Waals surface area contributed by atoms with Crippen molar-refractivity contribution in [2.24, 2.45) is 0 Å². The van der Waals surface area contributed by atoms with E-state index in [1.165, 1.54) is 114 Å². The molecule has 0 N–H and O–H groups in total. The minimum absolute atomic E-state index is 0.202. The number of furan rings is 1. The molecule has 0 saturated carbocycles. The summed E-state index contributed by atoms with van der Waals surface area (Å²) >= 11 is 0. The van der Waals surface area contributed by atoms with Crippen molar-refractivity contribution < 1.29 is 4.42 Å². The topological polar surface area (TPSA) is 108 Å². The van der Waals surface area contributed by atoms with E-state index < -0.39 is 0 Å². The number of fused-ring (bicyclic) bond motifs is 30. The summed E-state index contributed by atoms with van der Waals surface area (Å²) in [6.07, 6.45) is 9.40. The molecule has 0 amide bonds. The Morgan fingerprint density at radius 2 is 0.614 bits per heavy atom. The van der Waals surface area contributed by atoms with Crippen LogP contribution in [-0.2, 0) is 5.41 Å². The third kappa shape index (κ3) is 11.8. The van der Waals surface area contributed by atoms with Crippen LogP contribution in [0.25, 0.3) is 267 Å². The van der Waals surface area contributed by atoms with Gasteiger partial charge in [-0.05, 0) is 148 Å². The first kappa shape index (κ1) is 75.7. The third-order valence-electron chi connectivity index (χ3n) is 27.6. The molecule has 8 heterocycles. The fraction of sp³-hybridized carbons (Fsp3) is 0.0244.